The minimum absolute atomic E-state index is 0.257. The Balaban J connectivity index is 2.23. The predicted molar refractivity (Wildman–Crippen MR) is 54.8 cm³/mol. The van der Waals surface area contributed by atoms with Gasteiger partial charge in [-0.2, -0.15) is 8.42 Å². The highest BCUT2D eigenvalue weighted by molar-refractivity contribution is 7.73. The molecule has 2 heterocycles. The maximum atomic E-state index is 11.0. The first-order chi connectivity index (χ1) is 7.24. The average molecular weight is 223 g/mol. The van der Waals surface area contributed by atoms with Crippen molar-refractivity contribution in [1.82, 2.24) is 5.32 Å². The van der Waals surface area contributed by atoms with Crippen molar-refractivity contribution in [3.8, 4) is 0 Å². The fourth-order valence-electron chi connectivity index (χ4n) is 2.17. The van der Waals surface area contributed by atoms with Crippen LogP contribution in [0.5, 0.6) is 0 Å². The summed E-state index contributed by atoms with van der Waals surface area (Å²) < 4.78 is 27.6. The van der Waals surface area contributed by atoms with Gasteiger partial charge in [-0.05, 0) is 11.1 Å². The molecule has 1 aromatic carbocycles. The van der Waals surface area contributed by atoms with Crippen molar-refractivity contribution >= 4 is 15.3 Å². The van der Waals surface area contributed by atoms with Crippen molar-refractivity contribution in [2.75, 3.05) is 6.54 Å². The Bertz CT molecular complexity index is 556. The lowest BCUT2D eigenvalue weighted by Gasteiger charge is -2.38. The fourth-order valence-corrected chi connectivity index (χ4v) is 2.87. The monoisotopic (exact) mass is 223 g/mol. The number of rotatable bonds is 0. The van der Waals surface area contributed by atoms with Gasteiger partial charge < -0.3 is 4.74 Å². The summed E-state index contributed by atoms with van der Waals surface area (Å²) in [7, 11) is -2.23. The summed E-state index contributed by atoms with van der Waals surface area (Å²) in [6.07, 6.45) is 0. The molecule has 2 aliphatic rings. The minimum Gasteiger partial charge on any atom is -0.357 e. The molecule has 78 valence electrons. The lowest BCUT2D eigenvalue weighted by molar-refractivity contribution is -0.0000574. The minimum atomic E-state index is -2.23. The van der Waals surface area contributed by atoms with E-state index >= 15 is 0 Å². The van der Waals surface area contributed by atoms with Crippen LogP contribution in [0.3, 0.4) is 0 Å². The van der Waals surface area contributed by atoms with E-state index in [1.807, 2.05) is 24.3 Å². The van der Waals surface area contributed by atoms with Crippen molar-refractivity contribution in [2.24, 2.45) is 0 Å². The van der Waals surface area contributed by atoms with Gasteiger partial charge in [0.15, 0.2) is 10.6 Å². The quantitative estimate of drug-likeness (QED) is 0.630. The maximum Gasteiger partial charge on any atom is 0.231 e. The molecule has 0 saturated carbocycles. The van der Waals surface area contributed by atoms with E-state index in [1.165, 1.54) is 0 Å². The molecule has 0 radical (unpaired) electrons. The van der Waals surface area contributed by atoms with Crippen LogP contribution in [-0.4, -0.2) is 20.0 Å². The van der Waals surface area contributed by atoms with Crippen LogP contribution in [0.15, 0.2) is 24.3 Å². The highest BCUT2D eigenvalue weighted by atomic mass is 32.2. The first kappa shape index (κ1) is 9.08. The van der Waals surface area contributed by atoms with E-state index in [1.54, 1.807) is 0 Å². The number of hydrogen-bond acceptors (Lipinski definition) is 3. The molecule has 1 saturated heterocycles. The lowest BCUT2D eigenvalue weighted by Crippen LogP contribution is -2.62. The van der Waals surface area contributed by atoms with Crippen LogP contribution in [0.2, 0.25) is 0 Å². The van der Waals surface area contributed by atoms with Crippen molar-refractivity contribution in [3.05, 3.63) is 35.4 Å². The molecule has 2 aliphatic heterocycles. The summed E-state index contributed by atoms with van der Waals surface area (Å²) in [5.41, 5.74) is 1.33. The van der Waals surface area contributed by atoms with Gasteiger partial charge in [-0.15, -0.1) is 0 Å². The average Bonchev–Trinajstić information content (AvgIpc) is 2.56. The Labute approximate surface area is 88.4 Å². The SMILES string of the molecule is O=S(=O)=C1NCC12OCc1ccccc12. The van der Waals surface area contributed by atoms with E-state index < -0.39 is 15.9 Å². The van der Waals surface area contributed by atoms with Crippen molar-refractivity contribution in [2.45, 2.75) is 12.2 Å². The zero-order valence-corrected chi connectivity index (χ0v) is 8.67. The predicted octanol–water partition coefficient (Wildman–Crippen LogP) is 0.0243. The number of hydrogen-bond donors (Lipinski definition) is 1. The Kier molecular flexibility index (Phi) is 1.76. The van der Waals surface area contributed by atoms with E-state index in [-0.39, 0.29) is 4.99 Å². The highest BCUT2D eigenvalue weighted by Crippen LogP contribution is 2.40. The van der Waals surface area contributed by atoms with Gasteiger partial charge in [-0.25, -0.2) is 0 Å². The Hall–Kier alpha value is -1.17. The smallest absolute Gasteiger partial charge is 0.231 e. The second-order valence-electron chi connectivity index (χ2n) is 3.69. The summed E-state index contributed by atoms with van der Waals surface area (Å²) in [6, 6.07) is 7.73. The molecule has 4 nitrogen and oxygen atoms in total. The van der Waals surface area contributed by atoms with Crippen LogP contribution in [-0.2, 0) is 27.2 Å². The van der Waals surface area contributed by atoms with Crippen LogP contribution >= 0.6 is 0 Å². The van der Waals surface area contributed by atoms with E-state index in [9.17, 15) is 8.42 Å². The van der Waals surface area contributed by atoms with Gasteiger partial charge in [0.05, 0.1) is 6.61 Å². The molecule has 0 bridgehead atoms. The molecule has 0 aliphatic carbocycles. The van der Waals surface area contributed by atoms with Crippen LogP contribution < -0.4 is 5.32 Å². The Morgan fingerprint density at radius 2 is 2.13 bits per heavy atom. The fraction of sp³-hybridized carbons (Fsp3) is 0.300. The summed E-state index contributed by atoms with van der Waals surface area (Å²) in [5, 5.41) is 2.80. The van der Waals surface area contributed by atoms with Gasteiger partial charge in [0.25, 0.3) is 0 Å². The number of fused-ring (bicyclic) bond motifs is 2. The summed E-state index contributed by atoms with van der Waals surface area (Å²) in [6.45, 7) is 1.02. The van der Waals surface area contributed by atoms with Crippen LogP contribution in [0.25, 0.3) is 0 Å². The molecular weight excluding hydrogens is 214 g/mol. The largest absolute Gasteiger partial charge is 0.357 e. The second kappa shape index (κ2) is 2.91. The van der Waals surface area contributed by atoms with Gasteiger partial charge in [-0.1, -0.05) is 24.3 Å². The Morgan fingerprint density at radius 3 is 2.80 bits per heavy atom. The maximum absolute atomic E-state index is 11.0. The number of nitrogens with one attached hydrogen (secondary N) is 1. The van der Waals surface area contributed by atoms with E-state index in [0.29, 0.717) is 13.2 Å². The van der Waals surface area contributed by atoms with Gasteiger partial charge in [0, 0.05) is 6.54 Å². The van der Waals surface area contributed by atoms with Gasteiger partial charge in [0.2, 0.25) is 10.3 Å². The first-order valence-electron chi connectivity index (χ1n) is 4.67. The van der Waals surface area contributed by atoms with Crippen LogP contribution in [0.4, 0.5) is 0 Å². The van der Waals surface area contributed by atoms with Gasteiger partial charge >= 0.3 is 0 Å². The third-order valence-electron chi connectivity index (χ3n) is 2.96. The third kappa shape index (κ3) is 1.05. The van der Waals surface area contributed by atoms with Crippen molar-refractivity contribution < 1.29 is 13.2 Å². The molecule has 1 fully saturated rings. The molecule has 1 N–H and O–H groups in total. The first-order valence-corrected chi connectivity index (χ1v) is 5.74. The number of benzene rings is 1. The summed E-state index contributed by atoms with van der Waals surface area (Å²) in [5.74, 6) is 0. The third-order valence-corrected chi connectivity index (χ3v) is 3.77. The van der Waals surface area contributed by atoms with Gasteiger partial charge in [-0.3, -0.25) is 5.32 Å². The van der Waals surface area contributed by atoms with E-state index in [2.05, 4.69) is 5.32 Å². The standard InChI is InChI=1S/C10H9NO3S/c12-15(13)9-10(6-11-9)8-4-2-1-3-7(8)5-14-10/h1-4,11H,5-6H2. The molecule has 5 heteroatoms. The zero-order valence-electron chi connectivity index (χ0n) is 7.86. The highest BCUT2D eigenvalue weighted by Gasteiger charge is 2.52. The molecular formula is C10H9NO3S. The van der Waals surface area contributed by atoms with Crippen molar-refractivity contribution in [3.63, 3.8) is 0 Å². The molecule has 1 unspecified atom stereocenters. The zero-order chi connectivity index (χ0) is 10.5. The molecule has 1 aromatic rings. The van der Waals surface area contributed by atoms with Gasteiger partial charge in [0.1, 0.15) is 0 Å². The second-order valence-corrected chi connectivity index (χ2v) is 4.57. The van der Waals surface area contributed by atoms with E-state index in [4.69, 9.17) is 4.74 Å². The summed E-state index contributed by atoms with van der Waals surface area (Å²) >= 11 is 0. The molecule has 3 rings (SSSR count). The lowest BCUT2D eigenvalue weighted by atomic mass is 9.87. The van der Waals surface area contributed by atoms with Crippen molar-refractivity contribution in [1.29, 1.82) is 0 Å². The molecule has 1 spiro atoms. The molecule has 0 aromatic heterocycles. The molecule has 1 atom stereocenters. The molecule has 15 heavy (non-hydrogen) atoms. The van der Waals surface area contributed by atoms with Crippen LogP contribution in [0, 0.1) is 0 Å². The molecule has 0 amide bonds. The topological polar surface area (TPSA) is 55.4 Å². The van der Waals surface area contributed by atoms with Crippen LogP contribution in [0.1, 0.15) is 11.1 Å². The Morgan fingerprint density at radius 1 is 1.33 bits per heavy atom. The van der Waals surface area contributed by atoms with E-state index in [0.717, 1.165) is 11.1 Å². The normalized spacial score (nSPS) is 27.6. The summed E-state index contributed by atoms with van der Waals surface area (Å²) in [4.78, 5) is 0.257. The number of ether oxygens (including phenoxy) is 1.